The molecule has 1 spiro atoms. The molecule has 1 aromatic heterocycles. The molecule has 2 aromatic carbocycles. The maximum absolute atomic E-state index is 14.8. The Hall–Kier alpha value is -3.96. The summed E-state index contributed by atoms with van der Waals surface area (Å²) in [5.41, 5.74) is 2.28. The largest absolute Gasteiger partial charge is 0.396 e. The van der Waals surface area contributed by atoms with Crippen LogP contribution in [0.3, 0.4) is 0 Å². The fraction of sp³-hybridized carbons (Fsp3) is 0.441. The summed E-state index contributed by atoms with van der Waals surface area (Å²) in [6.07, 6.45) is 5.82. The van der Waals surface area contributed by atoms with E-state index >= 15 is 0 Å². The lowest BCUT2D eigenvalue weighted by Crippen LogP contribution is -2.55. The molecule has 1 N–H and O–H groups in total. The maximum Gasteiger partial charge on any atom is 0.248 e. The average Bonchev–Trinajstić information content (AvgIpc) is 3.75. The van der Waals surface area contributed by atoms with Gasteiger partial charge in [-0.05, 0) is 56.9 Å². The molecule has 10 nitrogen and oxygen atoms in total. The van der Waals surface area contributed by atoms with Crippen molar-refractivity contribution in [2.75, 3.05) is 31.1 Å². The number of rotatable bonds is 13. The molecule has 11 heteroatoms. The van der Waals surface area contributed by atoms with Crippen molar-refractivity contribution in [2.24, 2.45) is 11.8 Å². The molecule has 3 saturated heterocycles. The lowest BCUT2D eigenvalue weighted by atomic mass is 9.66. The predicted octanol–water partition coefficient (Wildman–Crippen LogP) is 3.88. The van der Waals surface area contributed by atoms with Gasteiger partial charge in [0.1, 0.15) is 18.2 Å². The molecule has 0 saturated carbocycles. The van der Waals surface area contributed by atoms with Crippen LogP contribution in [-0.2, 0) is 21.1 Å². The number of hydrogen-bond donors (Lipinski definition) is 1. The number of aromatic nitrogens is 3. The number of aliphatic hydroxyl groups excluding tert-OH is 1. The van der Waals surface area contributed by atoms with Gasteiger partial charge in [-0.2, -0.15) is 0 Å². The molecule has 3 aliphatic heterocycles. The Morgan fingerprint density at radius 3 is 2.51 bits per heavy atom. The van der Waals surface area contributed by atoms with Crippen LogP contribution in [0.1, 0.15) is 32.6 Å². The van der Waals surface area contributed by atoms with Gasteiger partial charge in [-0.1, -0.05) is 47.7 Å². The van der Waals surface area contributed by atoms with Gasteiger partial charge in [0.25, 0.3) is 0 Å². The van der Waals surface area contributed by atoms with Crippen molar-refractivity contribution in [1.82, 2.24) is 24.8 Å². The van der Waals surface area contributed by atoms with Crippen LogP contribution in [0.15, 0.2) is 79.9 Å². The zero-order chi connectivity index (χ0) is 31.8. The molecule has 45 heavy (non-hydrogen) atoms. The first-order valence-electron chi connectivity index (χ1n) is 15.6. The van der Waals surface area contributed by atoms with Gasteiger partial charge in [0.05, 0.1) is 22.1 Å². The fourth-order valence-corrected chi connectivity index (χ4v) is 10.0. The molecule has 2 bridgehead atoms. The number of aliphatic hydroxyl groups is 1. The van der Waals surface area contributed by atoms with Crippen LogP contribution in [0.25, 0.3) is 11.0 Å². The summed E-state index contributed by atoms with van der Waals surface area (Å²) < 4.78 is 0.425. The van der Waals surface area contributed by atoms with E-state index in [1.165, 1.54) is 0 Å². The molecule has 6 rings (SSSR count). The van der Waals surface area contributed by atoms with Crippen LogP contribution in [-0.4, -0.2) is 89.4 Å². The van der Waals surface area contributed by atoms with Gasteiger partial charge in [-0.3, -0.25) is 14.4 Å². The van der Waals surface area contributed by atoms with E-state index in [2.05, 4.69) is 30.4 Å². The van der Waals surface area contributed by atoms with Crippen molar-refractivity contribution < 1.29 is 19.5 Å². The van der Waals surface area contributed by atoms with Crippen LogP contribution in [0.4, 0.5) is 5.69 Å². The number of carbonyl (C=O) groups excluding carboxylic acids is 3. The Bertz CT molecular complexity index is 1610. The van der Waals surface area contributed by atoms with E-state index in [9.17, 15) is 19.5 Å². The summed E-state index contributed by atoms with van der Waals surface area (Å²) in [6, 6.07) is 16.3. The lowest BCUT2D eigenvalue weighted by Gasteiger charge is -2.38. The second-order valence-electron chi connectivity index (χ2n) is 12.3. The third-order valence-electron chi connectivity index (χ3n) is 9.62. The third kappa shape index (κ3) is 5.15. The van der Waals surface area contributed by atoms with Crippen LogP contribution in [0, 0.1) is 11.8 Å². The van der Waals surface area contributed by atoms with Crippen LogP contribution in [0.5, 0.6) is 0 Å². The fourth-order valence-electron chi connectivity index (χ4n) is 7.67. The third-order valence-corrected chi connectivity index (χ3v) is 11.6. The summed E-state index contributed by atoms with van der Waals surface area (Å²) in [6.45, 7) is 10.9. The zero-order valence-corrected chi connectivity index (χ0v) is 26.4. The number of amides is 3. The highest BCUT2D eigenvalue weighted by molar-refractivity contribution is 8.02. The number of likely N-dealkylation sites (tertiary alicyclic amines) is 1. The van der Waals surface area contributed by atoms with Crippen LogP contribution >= 0.6 is 11.8 Å². The molecule has 2 unspecified atom stereocenters. The predicted molar refractivity (Wildman–Crippen MR) is 175 cm³/mol. The second-order valence-corrected chi connectivity index (χ2v) is 14.2. The van der Waals surface area contributed by atoms with Crippen molar-refractivity contribution >= 4 is 46.2 Å². The van der Waals surface area contributed by atoms with Gasteiger partial charge in [0.2, 0.25) is 17.7 Å². The maximum atomic E-state index is 14.8. The van der Waals surface area contributed by atoms with Crippen molar-refractivity contribution in [2.45, 2.75) is 54.8 Å². The molecule has 3 amide bonds. The Labute approximate surface area is 267 Å². The SMILES string of the molecule is C=CCN(Cn1nnc2ccccc21)C(=O)C1N(CCCCO)C(=O)[C@@H]2[C@H](C(=O)N(CC=C)c3ccccc3)[C@]3(C)CCC12S3. The van der Waals surface area contributed by atoms with Gasteiger partial charge in [0.15, 0.2) is 0 Å². The standard InChI is InChI=1S/C34H40N6O4S/c1-4-19-37(23-40-26-16-10-9-15-25(26)35-36-40)32(44)29-34-18-17-33(3,45-34)27(28(34)31(43)39(29)21-11-12-22-41)30(42)38(20-5-2)24-13-7-6-8-14-24/h4-10,13-16,27-29,41H,1-2,11-12,17-23H2,3H3/t27-,28+,29?,33+,34?/m1/s1. The number of para-hydroxylation sites is 2. The molecule has 4 heterocycles. The molecule has 0 aliphatic carbocycles. The smallest absolute Gasteiger partial charge is 0.248 e. The summed E-state index contributed by atoms with van der Waals surface area (Å²) in [5.74, 6) is -1.71. The molecule has 236 valence electrons. The van der Waals surface area contributed by atoms with E-state index in [1.54, 1.807) is 43.3 Å². The monoisotopic (exact) mass is 628 g/mol. The van der Waals surface area contributed by atoms with Crippen LogP contribution < -0.4 is 4.90 Å². The van der Waals surface area contributed by atoms with E-state index in [0.717, 1.165) is 23.1 Å². The van der Waals surface area contributed by atoms with Crippen molar-refractivity contribution in [3.63, 3.8) is 0 Å². The number of benzene rings is 2. The first-order valence-corrected chi connectivity index (χ1v) is 16.4. The summed E-state index contributed by atoms with van der Waals surface area (Å²) >= 11 is 1.65. The van der Waals surface area contributed by atoms with E-state index in [1.807, 2.05) is 54.6 Å². The van der Waals surface area contributed by atoms with Crippen molar-refractivity contribution in [3.05, 3.63) is 79.9 Å². The minimum Gasteiger partial charge on any atom is -0.396 e. The first-order chi connectivity index (χ1) is 21.8. The highest BCUT2D eigenvalue weighted by atomic mass is 32.2. The van der Waals surface area contributed by atoms with Gasteiger partial charge < -0.3 is 19.8 Å². The number of thioether (sulfide) groups is 1. The number of carbonyl (C=O) groups is 3. The Kier molecular flexibility index (Phi) is 8.58. The highest BCUT2D eigenvalue weighted by Crippen LogP contribution is 2.71. The summed E-state index contributed by atoms with van der Waals surface area (Å²) in [5, 5.41) is 18.1. The normalized spacial score (nSPS) is 26.7. The van der Waals surface area contributed by atoms with E-state index in [0.29, 0.717) is 32.4 Å². The highest BCUT2D eigenvalue weighted by Gasteiger charge is 2.77. The molecule has 0 radical (unpaired) electrons. The van der Waals surface area contributed by atoms with Gasteiger partial charge in [0, 0.05) is 36.7 Å². The van der Waals surface area contributed by atoms with E-state index in [-0.39, 0.29) is 37.5 Å². The number of fused-ring (bicyclic) bond motifs is 2. The molecular formula is C34H40N6O4S. The molecule has 3 aromatic rings. The van der Waals surface area contributed by atoms with Gasteiger partial charge in [-0.25, -0.2) is 4.68 Å². The minimum atomic E-state index is -0.766. The quantitative estimate of drug-likeness (QED) is 0.226. The number of anilines is 1. The lowest BCUT2D eigenvalue weighted by molar-refractivity contribution is -0.143. The molecular weight excluding hydrogens is 588 g/mol. The van der Waals surface area contributed by atoms with Crippen molar-refractivity contribution in [3.8, 4) is 0 Å². The summed E-state index contributed by atoms with van der Waals surface area (Å²) in [4.78, 5) is 49.0. The average molecular weight is 629 g/mol. The number of unbranched alkanes of at least 4 members (excludes halogenated alkanes) is 1. The molecule has 3 fully saturated rings. The minimum absolute atomic E-state index is 0.00129. The Morgan fingerprint density at radius 1 is 1.04 bits per heavy atom. The van der Waals surface area contributed by atoms with Gasteiger partial charge >= 0.3 is 0 Å². The Morgan fingerprint density at radius 2 is 1.78 bits per heavy atom. The topological polar surface area (TPSA) is 112 Å². The zero-order valence-electron chi connectivity index (χ0n) is 25.6. The van der Waals surface area contributed by atoms with E-state index < -0.39 is 27.4 Å². The first kappa shape index (κ1) is 31.0. The second kappa shape index (κ2) is 12.4. The molecule has 3 aliphatic rings. The molecule has 5 atom stereocenters. The van der Waals surface area contributed by atoms with Gasteiger partial charge in [-0.15, -0.1) is 30.0 Å². The van der Waals surface area contributed by atoms with Crippen molar-refractivity contribution in [1.29, 1.82) is 0 Å². The number of hydrogen-bond acceptors (Lipinski definition) is 7. The summed E-state index contributed by atoms with van der Waals surface area (Å²) in [7, 11) is 0. The van der Waals surface area contributed by atoms with E-state index in [4.69, 9.17) is 0 Å². The number of nitrogens with zero attached hydrogens (tertiary/aromatic N) is 6. The van der Waals surface area contributed by atoms with Crippen LogP contribution in [0.2, 0.25) is 0 Å². The Balaban J connectivity index is 1.39.